The van der Waals surface area contributed by atoms with Gasteiger partial charge in [0.2, 0.25) is 6.10 Å². The van der Waals surface area contributed by atoms with Crippen LogP contribution in [0, 0.1) is 23.2 Å². The molecular weight excluding hydrogens is 232 g/mol. The van der Waals surface area contributed by atoms with Crippen LogP contribution in [0.2, 0.25) is 0 Å². The summed E-state index contributed by atoms with van der Waals surface area (Å²) in [6, 6.07) is 0. The van der Waals surface area contributed by atoms with Gasteiger partial charge in [0.1, 0.15) is 0 Å². The van der Waals surface area contributed by atoms with Gasteiger partial charge in [-0.2, -0.15) is 0 Å². The van der Waals surface area contributed by atoms with Gasteiger partial charge >= 0.3 is 11.9 Å². The first kappa shape index (κ1) is 13.4. The van der Waals surface area contributed by atoms with Gasteiger partial charge in [-0.05, 0) is 36.5 Å². The normalized spacial score (nSPS) is 34.1. The van der Waals surface area contributed by atoms with Crippen molar-refractivity contribution in [1.29, 1.82) is 0 Å². The van der Waals surface area contributed by atoms with E-state index >= 15 is 0 Å². The van der Waals surface area contributed by atoms with Crippen LogP contribution in [-0.4, -0.2) is 25.2 Å². The Morgan fingerprint density at radius 3 is 2.39 bits per heavy atom. The molecule has 0 aromatic rings. The van der Waals surface area contributed by atoms with Crippen molar-refractivity contribution in [3.05, 3.63) is 0 Å². The van der Waals surface area contributed by atoms with Gasteiger partial charge in [0.05, 0.1) is 7.11 Å². The first-order valence-corrected chi connectivity index (χ1v) is 6.63. The van der Waals surface area contributed by atoms with Crippen molar-refractivity contribution < 1.29 is 19.1 Å². The minimum atomic E-state index is -0.738. The second kappa shape index (κ2) is 4.56. The van der Waals surface area contributed by atoms with E-state index in [1.165, 1.54) is 20.5 Å². The second-order valence-corrected chi connectivity index (χ2v) is 6.17. The average molecular weight is 254 g/mol. The van der Waals surface area contributed by atoms with Gasteiger partial charge in [0.25, 0.3) is 0 Å². The molecule has 4 unspecified atom stereocenters. The summed E-state index contributed by atoms with van der Waals surface area (Å²) in [6.07, 6.45) is 2.76. The van der Waals surface area contributed by atoms with E-state index in [1.54, 1.807) is 0 Å². The van der Waals surface area contributed by atoms with Gasteiger partial charge in [-0.1, -0.05) is 13.8 Å². The van der Waals surface area contributed by atoms with Crippen molar-refractivity contribution in [3.8, 4) is 0 Å². The molecule has 2 saturated carbocycles. The SMILES string of the molecule is COC(=O)C(OC(C)=O)C1C2CCC(C2)C1(C)C. The summed E-state index contributed by atoms with van der Waals surface area (Å²) in [4.78, 5) is 23.1. The highest BCUT2D eigenvalue weighted by molar-refractivity contribution is 5.79. The van der Waals surface area contributed by atoms with Crippen molar-refractivity contribution in [2.24, 2.45) is 23.2 Å². The van der Waals surface area contributed by atoms with Gasteiger partial charge in [-0.25, -0.2) is 4.79 Å². The van der Waals surface area contributed by atoms with E-state index < -0.39 is 18.0 Å². The summed E-state index contributed by atoms with van der Waals surface area (Å²) >= 11 is 0. The Hall–Kier alpha value is -1.06. The minimum absolute atomic E-state index is 0.0389. The van der Waals surface area contributed by atoms with E-state index in [0.29, 0.717) is 11.8 Å². The predicted octanol–water partition coefficient (Wildman–Crippen LogP) is 2.16. The molecule has 2 rings (SSSR count). The van der Waals surface area contributed by atoms with Crippen LogP contribution in [-0.2, 0) is 19.1 Å². The summed E-state index contributed by atoms with van der Waals surface area (Å²) in [5.41, 5.74) is 0.0389. The summed E-state index contributed by atoms with van der Waals surface area (Å²) in [7, 11) is 1.35. The van der Waals surface area contributed by atoms with Crippen LogP contribution in [0.3, 0.4) is 0 Å². The van der Waals surface area contributed by atoms with Crippen LogP contribution in [0.5, 0.6) is 0 Å². The molecule has 0 spiro atoms. The zero-order chi connectivity index (χ0) is 13.5. The number of fused-ring (bicyclic) bond motifs is 2. The van der Waals surface area contributed by atoms with Crippen molar-refractivity contribution in [2.45, 2.75) is 46.1 Å². The number of methoxy groups -OCH3 is 1. The third-order valence-corrected chi connectivity index (χ3v) is 4.94. The maximum Gasteiger partial charge on any atom is 0.347 e. The molecule has 0 heterocycles. The predicted molar refractivity (Wildman–Crippen MR) is 65.7 cm³/mol. The number of rotatable bonds is 3. The first-order valence-electron chi connectivity index (χ1n) is 6.63. The Morgan fingerprint density at radius 2 is 1.94 bits per heavy atom. The van der Waals surface area contributed by atoms with Crippen LogP contribution in [0.1, 0.15) is 40.0 Å². The minimum Gasteiger partial charge on any atom is -0.466 e. The van der Waals surface area contributed by atoms with Crippen LogP contribution in [0.15, 0.2) is 0 Å². The van der Waals surface area contributed by atoms with E-state index in [9.17, 15) is 9.59 Å². The summed E-state index contributed by atoms with van der Waals surface area (Å²) in [5, 5.41) is 0. The maximum absolute atomic E-state index is 11.9. The Balaban J connectivity index is 2.25. The smallest absolute Gasteiger partial charge is 0.347 e. The van der Waals surface area contributed by atoms with Gasteiger partial charge in [-0.15, -0.1) is 0 Å². The molecule has 0 amide bonds. The zero-order valence-corrected chi connectivity index (χ0v) is 11.6. The summed E-state index contributed by atoms with van der Waals surface area (Å²) < 4.78 is 10.1. The number of ether oxygens (including phenoxy) is 2. The molecule has 0 aromatic heterocycles. The molecule has 2 fully saturated rings. The molecule has 2 bridgehead atoms. The second-order valence-electron chi connectivity index (χ2n) is 6.17. The lowest BCUT2D eigenvalue weighted by molar-refractivity contribution is -0.174. The number of carbonyl (C=O) groups is 2. The summed E-state index contributed by atoms with van der Waals surface area (Å²) in [6.45, 7) is 5.71. The van der Waals surface area contributed by atoms with Crippen molar-refractivity contribution in [1.82, 2.24) is 0 Å². The molecule has 4 atom stereocenters. The topological polar surface area (TPSA) is 52.6 Å². The van der Waals surface area contributed by atoms with Gasteiger partial charge in [0, 0.05) is 12.8 Å². The molecule has 4 nitrogen and oxygen atoms in total. The monoisotopic (exact) mass is 254 g/mol. The standard InChI is InChI=1S/C14H22O4/c1-8(15)18-12(13(16)17-4)11-9-5-6-10(7-9)14(11,2)3/h9-12H,5-7H2,1-4H3. The largest absolute Gasteiger partial charge is 0.466 e. The third kappa shape index (κ3) is 2.02. The van der Waals surface area contributed by atoms with Crippen LogP contribution < -0.4 is 0 Å². The fourth-order valence-electron chi connectivity index (χ4n) is 4.10. The third-order valence-electron chi connectivity index (χ3n) is 4.94. The Labute approximate surface area is 108 Å². The lowest BCUT2D eigenvalue weighted by Gasteiger charge is -2.40. The molecule has 4 heteroatoms. The quantitative estimate of drug-likeness (QED) is 0.724. The molecule has 18 heavy (non-hydrogen) atoms. The van der Waals surface area contributed by atoms with Gasteiger partial charge in [-0.3, -0.25) is 4.79 Å². The molecule has 2 aliphatic rings. The van der Waals surface area contributed by atoms with E-state index in [1.807, 2.05) is 0 Å². The van der Waals surface area contributed by atoms with Crippen LogP contribution >= 0.6 is 0 Å². The number of hydrogen-bond acceptors (Lipinski definition) is 4. The van der Waals surface area contributed by atoms with Crippen LogP contribution in [0.25, 0.3) is 0 Å². The number of hydrogen-bond donors (Lipinski definition) is 0. The van der Waals surface area contributed by atoms with Crippen molar-refractivity contribution in [3.63, 3.8) is 0 Å². The van der Waals surface area contributed by atoms with Crippen molar-refractivity contribution in [2.75, 3.05) is 7.11 Å². The molecular formula is C14H22O4. The molecule has 102 valence electrons. The van der Waals surface area contributed by atoms with Gasteiger partial charge < -0.3 is 9.47 Å². The highest BCUT2D eigenvalue weighted by atomic mass is 16.6. The zero-order valence-electron chi connectivity index (χ0n) is 11.6. The highest BCUT2D eigenvalue weighted by Crippen LogP contribution is 2.60. The molecule has 0 aromatic carbocycles. The Morgan fingerprint density at radius 1 is 1.28 bits per heavy atom. The van der Waals surface area contributed by atoms with Crippen molar-refractivity contribution >= 4 is 11.9 Å². The summed E-state index contributed by atoms with van der Waals surface area (Å²) in [5.74, 6) is 0.371. The highest BCUT2D eigenvalue weighted by Gasteiger charge is 2.58. The molecule has 0 aliphatic heterocycles. The molecule has 0 N–H and O–H groups in total. The fourth-order valence-corrected chi connectivity index (χ4v) is 4.10. The Kier molecular flexibility index (Phi) is 3.39. The lowest BCUT2D eigenvalue weighted by Crippen LogP contribution is -2.45. The van der Waals surface area contributed by atoms with E-state index in [-0.39, 0.29) is 11.3 Å². The average Bonchev–Trinajstić information content (AvgIpc) is 2.83. The van der Waals surface area contributed by atoms with Crippen LogP contribution in [0.4, 0.5) is 0 Å². The van der Waals surface area contributed by atoms with E-state index in [0.717, 1.165) is 12.8 Å². The number of carbonyl (C=O) groups excluding carboxylic acids is 2. The maximum atomic E-state index is 11.9. The molecule has 0 saturated heterocycles. The lowest BCUT2D eigenvalue weighted by atomic mass is 9.66. The van der Waals surface area contributed by atoms with Gasteiger partial charge in [0.15, 0.2) is 0 Å². The molecule has 2 aliphatic carbocycles. The fraction of sp³-hybridized carbons (Fsp3) is 0.857. The van der Waals surface area contributed by atoms with E-state index in [2.05, 4.69) is 13.8 Å². The first-order chi connectivity index (χ1) is 8.37. The Bertz CT molecular complexity index is 361. The molecule has 0 radical (unpaired) electrons. The number of esters is 2. The van der Waals surface area contributed by atoms with E-state index in [4.69, 9.17) is 9.47 Å².